The third-order valence-electron chi connectivity index (χ3n) is 2.01. The summed E-state index contributed by atoms with van der Waals surface area (Å²) in [4.78, 5) is 10.9. The zero-order chi connectivity index (χ0) is 8.27. The molecule has 0 spiro atoms. The number of hydrogen-bond acceptors (Lipinski definition) is 2. The molecule has 2 nitrogen and oxygen atoms in total. The molecular formula is C9H14O2. The summed E-state index contributed by atoms with van der Waals surface area (Å²) in [6.07, 6.45) is 4.80. The fourth-order valence-electron chi connectivity index (χ4n) is 1.57. The predicted molar refractivity (Wildman–Crippen MR) is 43.4 cm³/mol. The summed E-state index contributed by atoms with van der Waals surface area (Å²) in [7, 11) is 0. The molecule has 1 aliphatic rings. The molecule has 0 fully saturated rings. The van der Waals surface area contributed by atoms with Crippen LogP contribution in [0.4, 0.5) is 0 Å². The van der Waals surface area contributed by atoms with Crippen molar-refractivity contribution in [2.24, 2.45) is 5.92 Å². The third kappa shape index (κ3) is 2.37. The first kappa shape index (κ1) is 8.31. The van der Waals surface area contributed by atoms with Crippen molar-refractivity contribution in [1.82, 2.24) is 0 Å². The number of hydrogen-bond donors (Lipinski definition) is 1. The Bertz CT molecular complexity index is 182. The fourth-order valence-corrected chi connectivity index (χ4v) is 1.57. The quantitative estimate of drug-likeness (QED) is 0.662. The lowest BCUT2D eigenvalue weighted by Crippen LogP contribution is -2.13. The van der Waals surface area contributed by atoms with E-state index in [-0.39, 0.29) is 11.5 Å². The molecule has 0 bridgehead atoms. The average molecular weight is 154 g/mol. The Morgan fingerprint density at radius 1 is 1.64 bits per heavy atom. The zero-order valence-corrected chi connectivity index (χ0v) is 6.84. The second kappa shape index (κ2) is 3.56. The van der Waals surface area contributed by atoms with E-state index >= 15 is 0 Å². The Morgan fingerprint density at radius 3 is 2.91 bits per heavy atom. The molecular weight excluding hydrogens is 140 g/mol. The topological polar surface area (TPSA) is 37.3 Å². The Morgan fingerprint density at radius 2 is 2.36 bits per heavy atom. The van der Waals surface area contributed by atoms with Gasteiger partial charge in [0.25, 0.3) is 0 Å². The van der Waals surface area contributed by atoms with Crippen LogP contribution in [0.25, 0.3) is 0 Å². The molecule has 1 aliphatic carbocycles. The number of ketones is 1. The fraction of sp³-hybridized carbons (Fsp3) is 0.667. The molecule has 2 heteroatoms. The van der Waals surface area contributed by atoms with Crippen LogP contribution in [-0.4, -0.2) is 10.9 Å². The van der Waals surface area contributed by atoms with E-state index in [0.717, 1.165) is 12.8 Å². The molecule has 1 atom stereocenters. The van der Waals surface area contributed by atoms with Crippen LogP contribution in [0.3, 0.4) is 0 Å². The molecule has 11 heavy (non-hydrogen) atoms. The Kier molecular flexibility index (Phi) is 2.69. The summed E-state index contributed by atoms with van der Waals surface area (Å²) in [6.45, 7) is 2.10. The number of carbonyl (C=O) groups excluding carboxylic acids is 1. The molecule has 0 unspecified atom stereocenters. The summed E-state index contributed by atoms with van der Waals surface area (Å²) in [5.74, 6) is 0.726. The highest BCUT2D eigenvalue weighted by Gasteiger charge is 2.18. The van der Waals surface area contributed by atoms with E-state index in [9.17, 15) is 4.79 Å². The molecule has 0 amide bonds. The van der Waals surface area contributed by atoms with Crippen molar-refractivity contribution in [2.45, 2.75) is 32.6 Å². The van der Waals surface area contributed by atoms with Gasteiger partial charge in [-0.2, -0.15) is 0 Å². The highest BCUT2D eigenvalue weighted by atomic mass is 16.3. The molecule has 62 valence electrons. The van der Waals surface area contributed by atoms with Crippen LogP contribution >= 0.6 is 0 Å². The summed E-state index contributed by atoms with van der Waals surface area (Å²) < 4.78 is 0. The maximum Gasteiger partial charge on any atom is 0.159 e. The van der Waals surface area contributed by atoms with E-state index in [0.29, 0.717) is 18.8 Å². The van der Waals surface area contributed by atoms with Crippen molar-refractivity contribution >= 4 is 5.78 Å². The lowest BCUT2D eigenvalue weighted by Gasteiger charge is -2.17. The van der Waals surface area contributed by atoms with Crippen LogP contribution in [0.1, 0.15) is 32.6 Å². The highest BCUT2D eigenvalue weighted by molar-refractivity contribution is 5.91. The monoisotopic (exact) mass is 154 g/mol. The van der Waals surface area contributed by atoms with E-state index in [1.165, 1.54) is 6.08 Å². The number of aliphatic hydroxyl groups excluding tert-OH is 1. The molecule has 0 aromatic rings. The summed E-state index contributed by atoms with van der Waals surface area (Å²) >= 11 is 0. The van der Waals surface area contributed by atoms with Gasteiger partial charge >= 0.3 is 0 Å². The van der Waals surface area contributed by atoms with Crippen molar-refractivity contribution in [3.8, 4) is 0 Å². The van der Waals surface area contributed by atoms with Gasteiger partial charge in [-0.05, 0) is 12.3 Å². The molecule has 0 aromatic carbocycles. The van der Waals surface area contributed by atoms with Gasteiger partial charge in [-0.3, -0.25) is 4.79 Å². The van der Waals surface area contributed by atoms with E-state index in [2.05, 4.69) is 6.92 Å². The second-order valence-corrected chi connectivity index (χ2v) is 3.16. The van der Waals surface area contributed by atoms with Gasteiger partial charge in [-0.1, -0.05) is 13.3 Å². The van der Waals surface area contributed by atoms with Gasteiger partial charge in [0.15, 0.2) is 5.78 Å². The lowest BCUT2D eigenvalue weighted by molar-refractivity contribution is -0.116. The van der Waals surface area contributed by atoms with E-state index in [1.54, 1.807) is 0 Å². The standard InChI is InChI=1S/C9H14O2/c1-2-3-7-4-8(10)6-9(11)5-7/h6-7,10H,2-5H2,1H3/t7-/m1/s1. The van der Waals surface area contributed by atoms with E-state index in [1.807, 2.05) is 0 Å². The van der Waals surface area contributed by atoms with Gasteiger partial charge in [-0.15, -0.1) is 0 Å². The van der Waals surface area contributed by atoms with Crippen molar-refractivity contribution in [3.63, 3.8) is 0 Å². The van der Waals surface area contributed by atoms with Gasteiger partial charge in [0, 0.05) is 18.9 Å². The number of carbonyl (C=O) groups is 1. The predicted octanol–water partition coefficient (Wildman–Crippen LogP) is 2.21. The Hall–Kier alpha value is -0.790. The first-order valence-electron chi connectivity index (χ1n) is 4.14. The maximum absolute atomic E-state index is 10.9. The molecule has 0 saturated carbocycles. The number of allylic oxidation sites excluding steroid dienone is 2. The Balaban J connectivity index is 2.50. The molecule has 0 aliphatic heterocycles. The molecule has 1 rings (SSSR count). The minimum absolute atomic E-state index is 0.0761. The summed E-state index contributed by atoms with van der Waals surface area (Å²) in [6, 6.07) is 0. The van der Waals surface area contributed by atoms with E-state index in [4.69, 9.17) is 5.11 Å². The van der Waals surface area contributed by atoms with Crippen molar-refractivity contribution in [3.05, 3.63) is 11.8 Å². The average Bonchev–Trinajstić information content (AvgIpc) is 1.85. The summed E-state index contributed by atoms with van der Waals surface area (Å²) in [5, 5.41) is 9.12. The van der Waals surface area contributed by atoms with Crippen LogP contribution < -0.4 is 0 Å². The zero-order valence-electron chi connectivity index (χ0n) is 6.84. The molecule has 0 heterocycles. The minimum atomic E-state index is 0.0761. The van der Waals surface area contributed by atoms with Crippen LogP contribution in [0.15, 0.2) is 11.8 Å². The van der Waals surface area contributed by atoms with Crippen LogP contribution in [0, 0.1) is 5.92 Å². The van der Waals surface area contributed by atoms with Gasteiger partial charge < -0.3 is 5.11 Å². The number of rotatable bonds is 2. The van der Waals surface area contributed by atoms with Gasteiger partial charge in [0.1, 0.15) is 0 Å². The van der Waals surface area contributed by atoms with Crippen LogP contribution in [0.2, 0.25) is 0 Å². The van der Waals surface area contributed by atoms with Crippen LogP contribution in [-0.2, 0) is 4.79 Å². The Labute approximate surface area is 66.9 Å². The van der Waals surface area contributed by atoms with Crippen LogP contribution in [0.5, 0.6) is 0 Å². The second-order valence-electron chi connectivity index (χ2n) is 3.16. The lowest BCUT2D eigenvalue weighted by atomic mass is 9.89. The minimum Gasteiger partial charge on any atom is -0.512 e. The molecule has 1 N–H and O–H groups in total. The maximum atomic E-state index is 10.9. The molecule has 0 saturated heterocycles. The first-order chi connectivity index (χ1) is 5.22. The van der Waals surface area contributed by atoms with Gasteiger partial charge in [0.2, 0.25) is 0 Å². The van der Waals surface area contributed by atoms with Crippen molar-refractivity contribution in [1.29, 1.82) is 0 Å². The van der Waals surface area contributed by atoms with Crippen molar-refractivity contribution < 1.29 is 9.90 Å². The van der Waals surface area contributed by atoms with Gasteiger partial charge in [0.05, 0.1) is 5.76 Å². The summed E-state index contributed by atoms with van der Waals surface area (Å²) in [5.41, 5.74) is 0. The highest BCUT2D eigenvalue weighted by Crippen LogP contribution is 2.24. The largest absolute Gasteiger partial charge is 0.512 e. The number of aliphatic hydroxyl groups is 1. The van der Waals surface area contributed by atoms with E-state index < -0.39 is 0 Å². The molecule has 0 aromatic heterocycles. The smallest absolute Gasteiger partial charge is 0.159 e. The first-order valence-corrected chi connectivity index (χ1v) is 4.14. The van der Waals surface area contributed by atoms with Gasteiger partial charge in [-0.25, -0.2) is 0 Å². The van der Waals surface area contributed by atoms with Crippen molar-refractivity contribution in [2.75, 3.05) is 0 Å². The molecule has 0 radical (unpaired) electrons. The third-order valence-corrected chi connectivity index (χ3v) is 2.01. The SMILES string of the molecule is CCC[C@H]1CC(=O)C=C(O)C1. The normalized spacial score (nSPS) is 25.0.